The molecular formula is C17H21N5O2. The lowest BCUT2D eigenvalue weighted by Gasteiger charge is -2.35. The molecule has 0 bridgehead atoms. The van der Waals surface area contributed by atoms with Crippen LogP contribution in [0.4, 0.5) is 11.8 Å². The van der Waals surface area contributed by atoms with Crippen molar-refractivity contribution in [3.05, 3.63) is 41.9 Å². The minimum absolute atomic E-state index is 0.0349. The Kier molecular flexibility index (Phi) is 4.59. The molecular weight excluding hydrogens is 306 g/mol. The number of carboxylic acid groups (broad SMARTS) is 1. The van der Waals surface area contributed by atoms with Crippen molar-refractivity contribution in [1.82, 2.24) is 15.0 Å². The van der Waals surface area contributed by atoms with Gasteiger partial charge >= 0.3 is 5.97 Å². The molecule has 126 valence electrons. The number of hydrogen-bond acceptors (Lipinski definition) is 6. The second-order valence-electron chi connectivity index (χ2n) is 6.09. The highest BCUT2D eigenvalue weighted by Crippen LogP contribution is 2.21. The Morgan fingerprint density at radius 1 is 1.12 bits per heavy atom. The molecule has 0 unspecified atom stereocenters. The first-order chi connectivity index (χ1) is 11.6. The molecule has 0 aromatic carbocycles. The van der Waals surface area contributed by atoms with E-state index in [-0.39, 0.29) is 11.5 Å². The summed E-state index contributed by atoms with van der Waals surface area (Å²) in [5.41, 5.74) is 0.764. The molecule has 2 aromatic heterocycles. The maximum atomic E-state index is 11.3. The van der Waals surface area contributed by atoms with Crippen LogP contribution in [-0.4, -0.2) is 52.2 Å². The van der Waals surface area contributed by atoms with Crippen molar-refractivity contribution in [3.63, 3.8) is 0 Å². The van der Waals surface area contributed by atoms with Crippen molar-refractivity contribution in [1.29, 1.82) is 0 Å². The Hall–Kier alpha value is -2.70. The Bertz CT molecular complexity index is 712. The van der Waals surface area contributed by atoms with Crippen LogP contribution in [0.1, 0.15) is 35.8 Å². The Morgan fingerprint density at radius 2 is 1.83 bits per heavy atom. The van der Waals surface area contributed by atoms with Crippen molar-refractivity contribution in [2.45, 2.75) is 19.8 Å². The van der Waals surface area contributed by atoms with Crippen LogP contribution in [0, 0.1) is 0 Å². The van der Waals surface area contributed by atoms with Gasteiger partial charge in [-0.3, -0.25) is 0 Å². The predicted octanol–water partition coefficient (Wildman–Crippen LogP) is 2.02. The van der Waals surface area contributed by atoms with Crippen LogP contribution in [0.15, 0.2) is 30.6 Å². The second-order valence-corrected chi connectivity index (χ2v) is 6.09. The fraction of sp³-hybridized carbons (Fsp3) is 0.412. The van der Waals surface area contributed by atoms with Crippen molar-refractivity contribution >= 4 is 17.7 Å². The summed E-state index contributed by atoms with van der Waals surface area (Å²) >= 11 is 0. The summed E-state index contributed by atoms with van der Waals surface area (Å²) in [6, 6.07) is 5.90. The highest BCUT2D eigenvalue weighted by molar-refractivity contribution is 5.88. The molecule has 0 saturated carbocycles. The summed E-state index contributed by atoms with van der Waals surface area (Å²) in [6.45, 7) is 7.10. The lowest BCUT2D eigenvalue weighted by atomic mass is 10.1. The fourth-order valence-electron chi connectivity index (χ4n) is 2.82. The van der Waals surface area contributed by atoms with E-state index in [9.17, 15) is 9.90 Å². The lowest BCUT2D eigenvalue weighted by Crippen LogP contribution is -2.47. The van der Waals surface area contributed by atoms with E-state index in [0.29, 0.717) is 11.6 Å². The first kappa shape index (κ1) is 16.2. The van der Waals surface area contributed by atoms with Crippen LogP contribution in [0.2, 0.25) is 0 Å². The van der Waals surface area contributed by atoms with E-state index in [1.807, 2.05) is 32.0 Å². The molecule has 0 radical (unpaired) electrons. The lowest BCUT2D eigenvalue weighted by molar-refractivity contribution is 0.0694. The van der Waals surface area contributed by atoms with Gasteiger partial charge in [-0.25, -0.2) is 19.7 Å². The van der Waals surface area contributed by atoms with Gasteiger partial charge in [0.05, 0.1) is 11.3 Å². The van der Waals surface area contributed by atoms with Gasteiger partial charge in [0.15, 0.2) is 0 Å². The molecule has 0 aliphatic carbocycles. The normalized spacial score (nSPS) is 15.0. The van der Waals surface area contributed by atoms with Gasteiger partial charge in [-0.05, 0) is 18.1 Å². The Morgan fingerprint density at radius 3 is 2.42 bits per heavy atom. The zero-order chi connectivity index (χ0) is 17.1. The van der Waals surface area contributed by atoms with Crippen LogP contribution in [0.25, 0.3) is 0 Å². The van der Waals surface area contributed by atoms with Crippen molar-refractivity contribution < 1.29 is 9.90 Å². The van der Waals surface area contributed by atoms with Gasteiger partial charge in [0.1, 0.15) is 5.82 Å². The van der Waals surface area contributed by atoms with Crippen LogP contribution >= 0.6 is 0 Å². The maximum absolute atomic E-state index is 11.3. The predicted molar refractivity (Wildman–Crippen MR) is 91.7 cm³/mol. The summed E-state index contributed by atoms with van der Waals surface area (Å²) in [7, 11) is 0. The minimum Gasteiger partial charge on any atom is -0.478 e. The summed E-state index contributed by atoms with van der Waals surface area (Å²) in [6.07, 6.45) is 3.22. The molecule has 1 saturated heterocycles. The minimum atomic E-state index is -0.981. The molecule has 2 aromatic rings. The van der Waals surface area contributed by atoms with E-state index in [1.165, 1.54) is 6.20 Å². The van der Waals surface area contributed by atoms with Crippen molar-refractivity contribution in [3.8, 4) is 0 Å². The number of carbonyl (C=O) groups is 1. The number of aromatic carboxylic acids is 1. The van der Waals surface area contributed by atoms with Gasteiger partial charge in [0.25, 0.3) is 0 Å². The number of pyridine rings is 1. The van der Waals surface area contributed by atoms with Crippen LogP contribution in [0.5, 0.6) is 0 Å². The molecule has 24 heavy (non-hydrogen) atoms. The largest absolute Gasteiger partial charge is 0.478 e. The number of nitrogens with zero attached hydrogens (tertiary/aromatic N) is 5. The van der Waals surface area contributed by atoms with Crippen molar-refractivity contribution in [2.75, 3.05) is 36.0 Å². The first-order valence-corrected chi connectivity index (χ1v) is 8.07. The highest BCUT2D eigenvalue weighted by atomic mass is 16.4. The Labute approximate surface area is 141 Å². The molecule has 0 amide bonds. The van der Waals surface area contributed by atoms with E-state index in [0.717, 1.165) is 32.0 Å². The van der Waals surface area contributed by atoms with Crippen LogP contribution in [0.3, 0.4) is 0 Å². The molecule has 0 atom stereocenters. The quantitative estimate of drug-likeness (QED) is 0.920. The number of piperazine rings is 1. The highest BCUT2D eigenvalue weighted by Gasteiger charge is 2.22. The molecule has 1 fully saturated rings. The Balaban J connectivity index is 1.75. The SMILES string of the molecule is CC(C)c1nc(N2CCN(c3ccccn3)CC2)ncc1C(=O)O. The maximum Gasteiger partial charge on any atom is 0.339 e. The topological polar surface area (TPSA) is 82.5 Å². The van der Waals surface area contributed by atoms with Gasteiger partial charge in [-0.15, -0.1) is 0 Å². The van der Waals surface area contributed by atoms with Crippen LogP contribution < -0.4 is 9.80 Å². The van der Waals surface area contributed by atoms with E-state index in [1.54, 1.807) is 6.20 Å². The standard InChI is InChI=1S/C17H21N5O2/c1-12(2)15-13(16(23)24)11-19-17(20-15)22-9-7-21(8-10-22)14-5-3-4-6-18-14/h3-6,11-12H,7-10H2,1-2H3,(H,23,24). The number of anilines is 2. The van der Waals surface area contributed by atoms with E-state index in [4.69, 9.17) is 0 Å². The summed E-state index contributed by atoms with van der Waals surface area (Å²) in [4.78, 5) is 28.8. The molecule has 7 nitrogen and oxygen atoms in total. The zero-order valence-electron chi connectivity index (χ0n) is 13.9. The van der Waals surface area contributed by atoms with Crippen molar-refractivity contribution in [2.24, 2.45) is 0 Å². The van der Waals surface area contributed by atoms with Gasteiger partial charge in [0.2, 0.25) is 5.95 Å². The average Bonchev–Trinajstić information content (AvgIpc) is 2.62. The monoisotopic (exact) mass is 327 g/mol. The second kappa shape index (κ2) is 6.82. The molecule has 3 heterocycles. The van der Waals surface area contributed by atoms with E-state index in [2.05, 4.69) is 24.8 Å². The van der Waals surface area contributed by atoms with Gasteiger partial charge in [-0.2, -0.15) is 0 Å². The van der Waals surface area contributed by atoms with Gasteiger partial charge in [-0.1, -0.05) is 19.9 Å². The average molecular weight is 327 g/mol. The molecule has 1 N–H and O–H groups in total. The third kappa shape index (κ3) is 3.29. The van der Waals surface area contributed by atoms with E-state index < -0.39 is 5.97 Å². The summed E-state index contributed by atoms with van der Waals surface area (Å²) < 4.78 is 0. The fourth-order valence-corrected chi connectivity index (χ4v) is 2.82. The van der Waals surface area contributed by atoms with Gasteiger partial charge < -0.3 is 14.9 Å². The number of rotatable bonds is 4. The molecule has 0 spiro atoms. The first-order valence-electron chi connectivity index (χ1n) is 8.07. The molecule has 7 heteroatoms. The van der Waals surface area contributed by atoms with Gasteiger partial charge in [0, 0.05) is 38.6 Å². The number of aromatic nitrogens is 3. The van der Waals surface area contributed by atoms with Crippen LogP contribution in [-0.2, 0) is 0 Å². The van der Waals surface area contributed by atoms with E-state index >= 15 is 0 Å². The third-order valence-electron chi connectivity index (χ3n) is 4.12. The summed E-state index contributed by atoms with van der Waals surface area (Å²) in [5.74, 6) is 0.629. The number of carboxylic acids is 1. The molecule has 1 aliphatic rings. The molecule has 3 rings (SSSR count). The number of hydrogen-bond donors (Lipinski definition) is 1. The smallest absolute Gasteiger partial charge is 0.339 e. The molecule has 1 aliphatic heterocycles. The third-order valence-corrected chi connectivity index (χ3v) is 4.12. The zero-order valence-corrected chi connectivity index (χ0v) is 13.9. The summed E-state index contributed by atoms with van der Waals surface area (Å²) in [5, 5.41) is 9.27.